The van der Waals surface area contributed by atoms with E-state index in [1.807, 2.05) is 31.2 Å². The highest BCUT2D eigenvalue weighted by atomic mass is 16.1. The molecule has 0 radical (unpaired) electrons. The Balaban J connectivity index is 2.58. The van der Waals surface area contributed by atoms with E-state index in [0.29, 0.717) is 6.42 Å². The van der Waals surface area contributed by atoms with Crippen LogP contribution in [0, 0.1) is 6.92 Å². The van der Waals surface area contributed by atoms with E-state index in [-0.39, 0.29) is 5.78 Å². The van der Waals surface area contributed by atoms with Gasteiger partial charge in [-0.3, -0.25) is 4.79 Å². The van der Waals surface area contributed by atoms with E-state index in [9.17, 15) is 4.79 Å². The SMILES string of the molecule is Cc1ccc(C(=O)CC[N+](C)(C)C)cc1. The van der Waals surface area contributed by atoms with Gasteiger partial charge in [0.1, 0.15) is 0 Å². The van der Waals surface area contributed by atoms with Crippen molar-refractivity contribution < 1.29 is 9.28 Å². The molecule has 0 aromatic heterocycles. The standard InChI is InChI=1S/C13H20NO/c1-11-5-7-12(8-6-11)13(15)9-10-14(2,3)4/h5-8H,9-10H2,1-4H3/q+1. The van der Waals surface area contributed by atoms with Gasteiger partial charge in [0.05, 0.1) is 34.1 Å². The summed E-state index contributed by atoms with van der Waals surface area (Å²) in [6.07, 6.45) is 0.618. The molecule has 0 fully saturated rings. The molecule has 2 nitrogen and oxygen atoms in total. The number of aryl methyl sites for hydroxylation is 1. The van der Waals surface area contributed by atoms with Crippen LogP contribution in [0.15, 0.2) is 24.3 Å². The Labute approximate surface area is 92.1 Å². The summed E-state index contributed by atoms with van der Waals surface area (Å²) in [6.45, 7) is 2.91. The lowest BCUT2D eigenvalue weighted by Gasteiger charge is -2.23. The zero-order chi connectivity index (χ0) is 11.5. The summed E-state index contributed by atoms with van der Waals surface area (Å²) in [6, 6.07) is 7.79. The average Bonchev–Trinajstić information content (AvgIpc) is 2.14. The van der Waals surface area contributed by atoms with Crippen LogP contribution in [0.3, 0.4) is 0 Å². The first-order valence-corrected chi connectivity index (χ1v) is 5.29. The maximum Gasteiger partial charge on any atom is 0.168 e. The summed E-state index contributed by atoms with van der Waals surface area (Å²) in [5.41, 5.74) is 2.02. The fraction of sp³-hybridized carbons (Fsp3) is 0.462. The Kier molecular flexibility index (Phi) is 3.64. The summed E-state index contributed by atoms with van der Waals surface area (Å²) in [5.74, 6) is 0.239. The van der Waals surface area contributed by atoms with Gasteiger partial charge in [0.15, 0.2) is 5.78 Å². The quantitative estimate of drug-likeness (QED) is 0.545. The number of benzene rings is 1. The number of hydrogen-bond donors (Lipinski definition) is 0. The molecule has 0 aliphatic carbocycles. The lowest BCUT2D eigenvalue weighted by molar-refractivity contribution is -0.869. The summed E-state index contributed by atoms with van der Waals surface area (Å²) < 4.78 is 0.831. The first-order chi connectivity index (χ1) is 6.88. The third kappa shape index (κ3) is 4.26. The average molecular weight is 206 g/mol. The van der Waals surface area contributed by atoms with E-state index >= 15 is 0 Å². The van der Waals surface area contributed by atoms with Crippen molar-refractivity contribution in [1.82, 2.24) is 0 Å². The number of nitrogens with zero attached hydrogens (tertiary/aromatic N) is 1. The minimum atomic E-state index is 0.239. The van der Waals surface area contributed by atoms with Gasteiger partial charge < -0.3 is 4.48 Å². The summed E-state index contributed by atoms with van der Waals surface area (Å²) in [5, 5.41) is 0. The molecule has 1 aromatic rings. The minimum Gasteiger partial charge on any atom is -0.331 e. The number of rotatable bonds is 4. The predicted molar refractivity (Wildman–Crippen MR) is 63.0 cm³/mol. The molecule has 82 valence electrons. The van der Waals surface area contributed by atoms with Crippen molar-refractivity contribution in [2.24, 2.45) is 0 Å². The Bertz CT molecular complexity index is 333. The van der Waals surface area contributed by atoms with Crippen LogP contribution in [0.25, 0.3) is 0 Å². The molecule has 0 amide bonds. The molecule has 0 aliphatic heterocycles. The fourth-order valence-corrected chi connectivity index (χ4v) is 1.32. The Morgan fingerprint density at radius 3 is 2.13 bits per heavy atom. The van der Waals surface area contributed by atoms with Crippen LogP contribution in [-0.4, -0.2) is 38.0 Å². The molecule has 0 spiro atoms. The smallest absolute Gasteiger partial charge is 0.168 e. The molecule has 1 rings (SSSR count). The van der Waals surface area contributed by atoms with Crippen LogP contribution in [0.5, 0.6) is 0 Å². The second-order valence-electron chi connectivity index (χ2n) is 5.05. The molecule has 2 heteroatoms. The van der Waals surface area contributed by atoms with Gasteiger partial charge in [-0.15, -0.1) is 0 Å². The van der Waals surface area contributed by atoms with E-state index in [2.05, 4.69) is 21.1 Å². The highest BCUT2D eigenvalue weighted by molar-refractivity contribution is 5.96. The third-order valence-electron chi connectivity index (χ3n) is 2.38. The number of carbonyl (C=O) groups excluding carboxylic acids is 1. The van der Waals surface area contributed by atoms with E-state index in [4.69, 9.17) is 0 Å². The van der Waals surface area contributed by atoms with Gasteiger partial charge in [0.25, 0.3) is 0 Å². The van der Waals surface area contributed by atoms with Crippen LogP contribution in [0.4, 0.5) is 0 Å². The summed E-state index contributed by atoms with van der Waals surface area (Å²) in [7, 11) is 6.30. The largest absolute Gasteiger partial charge is 0.331 e. The van der Waals surface area contributed by atoms with Crippen molar-refractivity contribution in [3.05, 3.63) is 35.4 Å². The number of carbonyl (C=O) groups is 1. The van der Waals surface area contributed by atoms with Crippen molar-refractivity contribution in [2.75, 3.05) is 27.7 Å². The summed E-state index contributed by atoms with van der Waals surface area (Å²) in [4.78, 5) is 11.8. The molecule has 0 saturated carbocycles. The predicted octanol–water partition coefficient (Wildman–Crippen LogP) is 2.27. The third-order valence-corrected chi connectivity index (χ3v) is 2.38. The summed E-state index contributed by atoms with van der Waals surface area (Å²) >= 11 is 0. The van der Waals surface area contributed by atoms with Crippen LogP contribution in [-0.2, 0) is 0 Å². The van der Waals surface area contributed by atoms with Gasteiger partial charge in [0, 0.05) is 5.56 Å². The number of ketones is 1. The van der Waals surface area contributed by atoms with Crippen molar-refractivity contribution in [2.45, 2.75) is 13.3 Å². The van der Waals surface area contributed by atoms with Gasteiger partial charge in [-0.2, -0.15) is 0 Å². The molecule has 0 aliphatic rings. The van der Waals surface area contributed by atoms with E-state index in [1.54, 1.807) is 0 Å². The molecular formula is C13H20NO+. The lowest BCUT2D eigenvalue weighted by Crippen LogP contribution is -2.36. The van der Waals surface area contributed by atoms with E-state index in [1.165, 1.54) is 5.56 Å². The van der Waals surface area contributed by atoms with Gasteiger partial charge >= 0.3 is 0 Å². The van der Waals surface area contributed by atoms with Gasteiger partial charge in [-0.25, -0.2) is 0 Å². The van der Waals surface area contributed by atoms with Crippen molar-refractivity contribution in [1.29, 1.82) is 0 Å². The van der Waals surface area contributed by atoms with E-state index < -0.39 is 0 Å². The zero-order valence-electron chi connectivity index (χ0n) is 10.1. The normalized spacial score (nSPS) is 11.5. The molecule has 15 heavy (non-hydrogen) atoms. The second kappa shape index (κ2) is 4.58. The molecule has 0 heterocycles. The van der Waals surface area contributed by atoms with Crippen LogP contribution in [0.1, 0.15) is 22.3 Å². The molecule has 0 atom stereocenters. The maximum atomic E-state index is 11.8. The molecule has 0 unspecified atom stereocenters. The number of Topliss-reactive ketones (excluding diaryl/α,β-unsaturated/α-hetero) is 1. The van der Waals surface area contributed by atoms with Crippen molar-refractivity contribution in [3.8, 4) is 0 Å². The molecule has 0 saturated heterocycles. The zero-order valence-corrected chi connectivity index (χ0v) is 10.1. The van der Waals surface area contributed by atoms with E-state index in [0.717, 1.165) is 16.6 Å². The molecule has 0 N–H and O–H groups in total. The number of hydrogen-bond acceptors (Lipinski definition) is 1. The van der Waals surface area contributed by atoms with Crippen LogP contribution >= 0.6 is 0 Å². The Hall–Kier alpha value is -1.15. The van der Waals surface area contributed by atoms with Crippen LogP contribution in [0.2, 0.25) is 0 Å². The Morgan fingerprint density at radius 1 is 1.13 bits per heavy atom. The topological polar surface area (TPSA) is 17.1 Å². The second-order valence-corrected chi connectivity index (χ2v) is 5.05. The maximum absolute atomic E-state index is 11.8. The Morgan fingerprint density at radius 2 is 1.67 bits per heavy atom. The van der Waals surface area contributed by atoms with Gasteiger partial charge in [-0.05, 0) is 6.92 Å². The monoisotopic (exact) mass is 206 g/mol. The fourth-order valence-electron chi connectivity index (χ4n) is 1.32. The lowest BCUT2D eigenvalue weighted by atomic mass is 10.1. The highest BCUT2D eigenvalue weighted by Gasteiger charge is 2.12. The highest BCUT2D eigenvalue weighted by Crippen LogP contribution is 2.07. The molecule has 0 bridgehead atoms. The van der Waals surface area contributed by atoms with Gasteiger partial charge in [0.2, 0.25) is 0 Å². The minimum absolute atomic E-state index is 0.239. The van der Waals surface area contributed by atoms with Crippen molar-refractivity contribution >= 4 is 5.78 Å². The van der Waals surface area contributed by atoms with Gasteiger partial charge in [-0.1, -0.05) is 29.8 Å². The molecule has 1 aromatic carbocycles. The first-order valence-electron chi connectivity index (χ1n) is 5.29. The van der Waals surface area contributed by atoms with Crippen molar-refractivity contribution in [3.63, 3.8) is 0 Å². The molecular weight excluding hydrogens is 186 g/mol. The number of quaternary nitrogens is 1. The van der Waals surface area contributed by atoms with Crippen LogP contribution < -0.4 is 0 Å². The first kappa shape index (κ1) is 11.9.